The van der Waals surface area contributed by atoms with E-state index in [-0.39, 0.29) is 22.9 Å². The molecule has 3 unspecified atom stereocenters. The third-order valence-corrected chi connectivity index (χ3v) is 11.5. The van der Waals surface area contributed by atoms with Gasteiger partial charge in [-0.05, 0) is 23.3 Å². The van der Waals surface area contributed by atoms with Crippen LogP contribution in [0, 0.1) is 0 Å². The Morgan fingerprint density at radius 1 is 0.583 bits per heavy atom. The standard InChI is InChI=1S/C28H25F3O3P2/c29-28(30,31)27(35(32,25-17-9-3-10-18-25)21-23-13-5-1-6-14-23)34-36(33,26-19-11-4-12-20-26)22-24-15-7-2-8-16-24/h1-20,27H,21-22H2. The van der Waals surface area contributed by atoms with E-state index in [0.717, 1.165) is 0 Å². The number of alkyl halides is 3. The topological polar surface area (TPSA) is 43.4 Å². The summed E-state index contributed by atoms with van der Waals surface area (Å²) in [7, 11) is -8.53. The zero-order chi connectivity index (χ0) is 25.7. The first-order valence-electron chi connectivity index (χ1n) is 11.3. The van der Waals surface area contributed by atoms with Crippen molar-refractivity contribution in [3.05, 3.63) is 132 Å². The average Bonchev–Trinajstić information content (AvgIpc) is 2.89. The minimum atomic E-state index is -5.04. The number of rotatable bonds is 9. The molecule has 0 heterocycles. The quantitative estimate of drug-likeness (QED) is 0.210. The van der Waals surface area contributed by atoms with Crippen molar-refractivity contribution in [3.63, 3.8) is 0 Å². The molecule has 186 valence electrons. The Morgan fingerprint density at radius 3 is 1.42 bits per heavy atom. The molecule has 4 rings (SSSR count). The van der Waals surface area contributed by atoms with E-state index >= 15 is 0 Å². The number of hydrogen-bond acceptors (Lipinski definition) is 3. The van der Waals surface area contributed by atoms with E-state index in [2.05, 4.69) is 0 Å². The van der Waals surface area contributed by atoms with Crippen LogP contribution in [-0.2, 0) is 26.0 Å². The van der Waals surface area contributed by atoms with Crippen molar-refractivity contribution < 1.29 is 26.8 Å². The van der Waals surface area contributed by atoms with Crippen molar-refractivity contribution in [1.82, 2.24) is 0 Å². The maximum absolute atomic E-state index is 14.8. The second-order valence-corrected chi connectivity index (χ2v) is 13.7. The van der Waals surface area contributed by atoms with Gasteiger partial charge >= 0.3 is 6.18 Å². The molecule has 0 aliphatic carbocycles. The van der Waals surface area contributed by atoms with Crippen LogP contribution in [-0.4, -0.2) is 12.0 Å². The van der Waals surface area contributed by atoms with E-state index in [4.69, 9.17) is 4.52 Å². The zero-order valence-corrected chi connectivity index (χ0v) is 21.1. The van der Waals surface area contributed by atoms with Gasteiger partial charge in [0.2, 0.25) is 13.2 Å². The lowest BCUT2D eigenvalue weighted by atomic mass is 10.2. The van der Waals surface area contributed by atoms with Crippen LogP contribution >= 0.6 is 14.5 Å². The van der Waals surface area contributed by atoms with E-state index in [1.165, 1.54) is 24.3 Å². The molecule has 3 atom stereocenters. The zero-order valence-electron chi connectivity index (χ0n) is 19.3. The van der Waals surface area contributed by atoms with Crippen molar-refractivity contribution in [1.29, 1.82) is 0 Å². The maximum atomic E-state index is 14.8. The first-order valence-corrected chi connectivity index (χ1v) is 15.1. The lowest BCUT2D eigenvalue weighted by Crippen LogP contribution is -2.36. The number of hydrogen-bond donors (Lipinski definition) is 0. The smallest absolute Gasteiger partial charge is 0.315 e. The Bertz CT molecular complexity index is 1350. The summed E-state index contributed by atoms with van der Waals surface area (Å²) in [5.74, 6) is -2.76. The van der Waals surface area contributed by atoms with Crippen LogP contribution in [0.25, 0.3) is 0 Å². The van der Waals surface area contributed by atoms with Crippen LogP contribution in [0.3, 0.4) is 0 Å². The first kappa shape index (κ1) is 26.2. The molecule has 4 aromatic carbocycles. The van der Waals surface area contributed by atoms with Gasteiger partial charge in [0.25, 0.3) is 0 Å². The summed E-state index contributed by atoms with van der Waals surface area (Å²) >= 11 is 0. The predicted octanol–water partition coefficient (Wildman–Crippen LogP) is 7.58. The molecule has 4 aromatic rings. The van der Waals surface area contributed by atoms with Crippen molar-refractivity contribution >= 4 is 25.1 Å². The summed E-state index contributed by atoms with van der Waals surface area (Å²) in [5, 5.41) is 0.165. The summed E-state index contributed by atoms with van der Waals surface area (Å²) in [6.45, 7) is 0. The van der Waals surface area contributed by atoms with Gasteiger partial charge in [0.05, 0.1) is 6.16 Å². The average molecular weight is 528 g/mol. The molecule has 36 heavy (non-hydrogen) atoms. The first-order chi connectivity index (χ1) is 17.2. The molecular weight excluding hydrogens is 503 g/mol. The molecule has 0 spiro atoms. The van der Waals surface area contributed by atoms with Gasteiger partial charge in [-0.2, -0.15) is 13.2 Å². The van der Waals surface area contributed by atoms with E-state index < -0.39 is 26.5 Å². The highest BCUT2D eigenvalue weighted by molar-refractivity contribution is 7.72. The van der Waals surface area contributed by atoms with Crippen LogP contribution in [0.5, 0.6) is 0 Å². The van der Waals surface area contributed by atoms with Gasteiger partial charge < -0.3 is 9.09 Å². The second-order valence-electron chi connectivity index (χ2n) is 8.43. The molecule has 0 amide bonds. The minimum Gasteiger partial charge on any atom is -0.315 e. The fourth-order valence-corrected chi connectivity index (χ4v) is 9.77. The molecule has 0 bridgehead atoms. The highest BCUT2D eigenvalue weighted by atomic mass is 31.2. The van der Waals surface area contributed by atoms with Gasteiger partial charge in [-0.3, -0.25) is 4.57 Å². The van der Waals surface area contributed by atoms with Gasteiger partial charge in [0, 0.05) is 16.8 Å². The molecule has 0 radical (unpaired) electrons. The second kappa shape index (κ2) is 11.0. The van der Waals surface area contributed by atoms with Crippen molar-refractivity contribution in [2.45, 2.75) is 24.3 Å². The van der Waals surface area contributed by atoms with Crippen LogP contribution in [0.15, 0.2) is 121 Å². The minimum absolute atomic E-state index is 0.0236. The highest BCUT2D eigenvalue weighted by Crippen LogP contribution is 2.64. The van der Waals surface area contributed by atoms with E-state index in [1.807, 2.05) is 0 Å². The summed E-state index contributed by atoms with van der Waals surface area (Å²) in [6.07, 6.45) is -5.69. The third kappa shape index (κ3) is 6.07. The monoisotopic (exact) mass is 528 g/mol. The van der Waals surface area contributed by atoms with E-state index in [9.17, 15) is 22.3 Å². The summed E-state index contributed by atoms with van der Waals surface area (Å²) in [5.41, 5.74) is 1.03. The number of halogens is 3. The number of benzene rings is 4. The van der Waals surface area contributed by atoms with Crippen molar-refractivity contribution in [2.24, 2.45) is 0 Å². The SMILES string of the molecule is O=P(Cc1ccccc1)(OC(C(F)(F)F)P(=O)(Cc1ccccc1)c1ccccc1)c1ccccc1. The fourth-order valence-electron chi connectivity index (χ4n) is 4.05. The Labute approximate surface area is 208 Å². The van der Waals surface area contributed by atoms with Gasteiger partial charge in [0.15, 0.2) is 7.14 Å². The summed E-state index contributed by atoms with van der Waals surface area (Å²) in [6, 6.07) is 32.3. The van der Waals surface area contributed by atoms with Crippen molar-refractivity contribution in [3.8, 4) is 0 Å². The Morgan fingerprint density at radius 2 is 0.972 bits per heavy atom. The third-order valence-electron chi connectivity index (χ3n) is 5.77. The molecular formula is C28H25F3O3P2. The fraction of sp³-hybridized carbons (Fsp3) is 0.143. The van der Waals surface area contributed by atoms with Crippen LogP contribution in [0.1, 0.15) is 11.1 Å². The van der Waals surface area contributed by atoms with Crippen LogP contribution in [0.4, 0.5) is 13.2 Å². The molecule has 0 aromatic heterocycles. The van der Waals surface area contributed by atoms with Gasteiger partial charge in [0.1, 0.15) is 0 Å². The van der Waals surface area contributed by atoms with Gasteiger partial charge in [-0.25, -0.2) is 0 Å². The molecule has 0 fully saturated rings. The van der Waals surface area contributed by atoms with Crippen LogP contribution < -0.4 is 10.6 Å². The molecule has 3 nitrogen and oxygen atoms in total. The highest BCUT2D eigenvalue weighted by Gasteiger charge is 2.56. The molecule has 0 N–H and O–H groups in total. The molecule has 0 aliphatic rings. The lowest BCUT2D eigenvalue weighted by Gasteiger charge is -2.33. The Kier molecular flexibility index (Phi) is 8.00. The molecule has 0 saturated heterocycles. The van der Waals surface area contributed by atoms with Gasteiger partial charge in [-0.1, -0.05) is 109 Å². The largest absolute Gasteiger partial charge is 0.422 e. The summed E-state index contributed by atoms with van der Waals surface area (Å²) in [4.78, 5) is 0. The predicted molar refractivity (Wildman–Crippen MR) is 139 cm³/mol. The molecule has 0 aliphatic heterocycles. The maximum Gasteiger partial charge on any atom is 0.422 e. The molecule has 0 saturated carbocycles. The van der Waals surface area contributed by atoms with E-state index in [0.29, 0.717) is 11.1 Å². The summed E-state index contributed by atoms with van der Waals surface area (Å²) < 4.78 is 78.8. The molecule has 8 heteroatoms. The lowest BCUT2D eigenvalue weighted by molar-refractivity contribution is -0.169. The van der Waals surface area contributed by atoms with Crippen molar-refractivity contribution in [2.75, 3.05) is 0 Å². The van der Waals surface area contributed by atoms with Gasteiger partial charge in [-0.15, -0.1) is 0 Å². The Hall–Kier alpha value is -2.91. The Balaban J connectivity index is 1.85. The van der Waals surface area contributed by atoms with E-state index in [1.54, 1.807) is 97.1 Å². The van der Waals surface area contributed by atoms with Crippen LogP contribution in [0.2, 0.25) is 0 Å². The normalized spacial score (nSPS) is 16.0.